The number of amides is 1. The fraction of sp³-hybridized carbons (Fsp3) is 0.350. The molecule has 1 amide bonds. The standard InChI is InChI=1S/C20H23NO2/c1-23-18-10-8-16(9-11-18)12-15-21-19(22)20(13-5-14-20)17-6-3-2-4-7-17/h2-4,6-11H,5,12-15H2,1H3,(H,21,22). The molecule has 120 valence electrons. The molecule has 0 unspecified atom stereocenters. The molecule has 2 aromatic carbocycles. The summed E-state index contributed by atoms with van der Waals surface area (Å²) in [7, 11) is 1.66. The first kappa shape index (κ1) is 15.6. The van der Waals surface area contributed by atoms with E-state index in [1.54, 1.807) is 7.11 Å². The number of nitrogens with one attached hydrogen (secondary N) is 1. The number of carbonyl (C=O) groups is 1. The van der Waals surface area contributed by atoms with Crippen LogP contribution in [0.25, 0.3) is 0 Å². The predicted octanol–water partition coefficient (Wildman–Crippen LogP) is 3.48. The molecule has 0 saturated heterocycles. The Hall–Kier alpha value is -2.29. The largest absolute Gasteiger partial charge is 0.497 e. The Morgan fingerprint density at radius 3 is 2.35 bits per heavy atom. The van der Waals surface area contributed by atoms with E-state index in [0.717, 1.165) is 37.0 Å². The molecule has 0 aliphatic heterocycles. The van der Waals surface area contributed by atoms with Crippen molar-refractivity contribution in [1.82, 2.24) is 5.32 Å². The molecular weight excluding hydrogens is 286 g/mol. The average molecular weight is 309 g/mol. The fourth-order valence-corrected chi connectivity index (χ4v) is 3.22. The number of rotatable bonds is 6. The Kier molecular flexibility index (Phi) is 4.65. The molecule has 23 heavy (non-hydrogen) atoms. The van der Waals surface area contributed by atoms with Gasteiger partial charge in [-0.2, -0.15) is 0 Å². The van der Waals surface area contributed by atoms with Crippen molar-refractivity contribution in [3.63, 3.8) is 0 Å². The summed E-state index contributed by atoms with van der Waals surface area (Å²) in [6.45, 7) is 0.666. The van der Waals surface area contributed by atoms with Gasteiger partial charge in [0, 0.05) is 6.54 Å². The minimum Gasteiger partial charge on any atom is -0.497 e. The van der Waals surface area contributed by atoms with Crippen LogP contribution in [0, 0.1) is 0 Å². The number of hydrogen-bond donors (Lipinski definition) is 1. The highest BCUT2D eigenvalue weighted by molar-refractivity contribution is 5.89. The van der Waals surface area contributed by atoms with Gasteiger partial charge in [-0.3, -0.25) is 4.79 Å². The lowest BCUT2D eigenvalue weighted by molar-refractivity contribution is -0.129. The van der Waals surface area contributed by atoms with E-state index in [-0.39, 0.29) is 11.3 Å². The summed E-state index contributed by atoms with van der Waals surface area (Å²) in [5, 5.41) is 3.13. The van der Waals surface area contributed by atoms with E-state index in [4.69, 9.17) is 4.74 Å². The van der Waals surface area contributed by atoms with E-state index in [0.29, 0.717) is 6.54 Å². The summed E-state index contributed by atoms with van der Waals surface area (Å²) in [6.07, 6.45) is 3.86. The average Bonchev–Trinajstić information content (AvgIpc) is 2.55. The number of benzene rings is 2. The third-order valence-electron chi connectivity index (χ3n) is 4.83. The first-order valence-corrected chi connectivity index (χ1v) is 8.21. The quantitative estimate of drug-likeness (QED) is 0.887. The minimum atomic E-state index is -0.304. The summed E-state index contributed by atoms with van der Waals surface area (Å²) in [5.41, 5.74) is 2.04. The number of methoxy groups -OCH3 is 1. The number of carbonyl (C=O) groups excluding carboxylic acids is 1. The molecular formula is C20H23NO2. The molecule has 3 nitrogen and oxygen atoms in total. The van der Waals surface area contributed by atoms with E-state index in [2.05, 4.69) is 17.4 Å². The van der Waals surface area contributed by atoms with Gasteiger partial charge in [-0.05, 0) is 42.5 Å². The van der Waals surface area contributed by atoms with Crippen LogP contribution in [-0.4, -0.2) is 19.6 Å². The number of hydrogen-bond acceptors (Lipinski definition) is 2. The second-order valence-corrected chi connectivity index (χ2v) is 6.16. The van der Waals surface area contributed by atoms with Gasteiger partial charge in [0.15, 0.2) is 0 Å². The summed E-state index contributed by atoms with van der Waals surface area (Å²) >= 11 is 0. The highest BCUT2D eigenvalue weighted by Gasteiger charge is 2.45. The van der Waals surface area contributed by atoms with Gasteiger partial charge in [-0.25, -0.2) is 0 Å². The topological polar surface area (TPSA) is 38.3 Å². The molecule has 1 N–H and O–H groups in total. The maximum atomic E-state index is 12.7. The van der Waals surface area contributed by atoms with E-state index in [9.17, 15) is 4.79 Å². The zero-order valence-corrected chi connectivity index (χ0v) is 13.5. The van der Waals surface area contributed by atoms with Crippen molar-refractivity contribution in [2.24, 2.45) is 0 Å². The third kappa shape index (κ3) is 3.24. The van der Waals surface area contributed by atoms with Gasteiger partial charge in [0.25, 0.3) is 0 Å². The molecule has 1 fully saturated rings. The zero-order valence-electron chi connectivity index (χ0n) is 13.5. The summed E-state index contributed by atoms with van der Waals surface area (Å²) in [4.78, 5) is 12.7. The van der Waals surface area contributed by atoms with Crippen molar-refractivity contribution in [2.45, 2.75) is 31.1 Å². The third-order valence-corrected chi connectivity index (χ3v) is 4.83. The van der Waals surface area contributed by atoms with Crippen molar-refractivity contribution < 1.29 is 9.53 Å². The fourth-order valence-electron chi connectivity index (χ4n) is 3.22. The molecule has 1 aliphatic rings. The highest BCUT2D eigenvalue weighted by Crippen LogP contribution is 2.43. The van der Waals surface area contributed by atoms with Crippen LogP contribution in [0.4, 0.5) is 0 Å². The Morgan fingerprint density at radius 2 is 1.78 bits per heavy atom. The van der Waals surface area contributed by atoms with Gasteiger partial charge in [-0.1, -0.05) is 48.9 Å². The Labute approximate surface area is 137 Å². The van der Waals surface area contributed by atoms with E-state index in [1.165, 1.54) is 5.56 Å². The van der Waals surface area contributed by atoms with Crippen molar-refractivity contribution in [1.29, 1.82) is 0 Å². The summed E-state index contributed by atoms with van der Waals surface area (Å²) in [6, 6.07) is 18.2. The van der Waals surface area contributed by atoms with Crippen molar-refractivity contribution in [2.75, 3.05) is 13.7 Å². The lowest BCUT2D eigenvalue weighted by Crippen LogP contribution is -2.49. The molecule has 0 heterocycles. The molecule has 2 aromatic rings. The van der Waals surface area contributed by atoms with Crippen LogP contribution in [0.15, 0.2) is 54.6 Å². The Balaban J connectivity index is 1.58. The first-order chi connectivity index (χ1) is 11.2. The second kappa shape index (κ2) is 6.86. The van der Waals surface area contributed by atoms with Crippen LogP contribution >= 0.6 is 0 Å². The van der Waals surface area contributed by atoms with Gasteiger partial charge >= 0.3 is 0 Å². The Bertz CT molecular complexity index is 645. The summed E-state index contributed by atoms with van der Waals surface area (Å²) in [5.74, 6) is 1.03. The molecule has 0 bridgehead atoms. The molecule has 1 saturated carbocycles. The SMILES string of the molecule is COc1ccc(CCNC(=O)C2(c3ccccc3)CCC2)cc1. The minimum absolute atomic E-state index is 0.170. The highest BCUT2D eigenvalue weighted by atomic mass is 16.5. The maximum absolute atomic E-state index is 12.7. The van der Waals surface area contributed by atoms with Crippen LogP contribution in [-0.2, 0) is 16.6 Å². The van der Waals surface area contributed by atoms with E-state index >= 15 is 0 Å². The van der Waals surface area contributed by atoms with Crippen molar-refractivity contribution in [3.05, 3.63) is 65.7 Å². The number of ether oxygens (including phenoxy) is 1. The van der Waals surface area contributed by atoms with Crippen LogP contribution in [0.1, 0.15) is 30.4 Å². The lowest BCUT2D eigenvalue weighted by Gasteiger charge is -2.40. The van der Waals surface area contributed by atoms with Crippen LogP contribution in [0.5, 0.6) is 5.75 Å². The van der Waals surface area contributed by atoms with Crippen molar-refractivity contribution in [3.8, 4) is 5.75 Å². The predicted molar refractivity (Wildman–Crippen MR) is 91.7 cm³/mol. The molecule has 1 aliphatic carbocycles. The van der Waals surface area contributed by atoms with Gasteiger partial charge in [0.2, 0.25) is 5.91 Å². The first-order valence-electron chi connectivity index (χ1n) is 8.21. The van der Waals surface area contributed by atoms with Crippen molar-refractivity contribution >= 4 is 5.91 Å². The van der Waals surface area contributed by atoms with Gasteiger partial charge in [0.1, 0.15) is 5.75 Å². The normalized spacial score (nSPS) is 15.5. The molecule has 0 spiro atoms. The maximum Gasteiger partial charge on any atom is 0.230 e. The van der Waals surface area contributed by atoms with E-state index in [1.807, 2.05) is 42.5 Å². The van der Waals surface area contributed by atoms with Crippen LogP contribution < -0.4 is 10.1 Å². The monoisotopic (exact) mass is 309 g/mol. The van der Waals surface area contributed by atoms with Gasteiger partial charge < -0.3 is 10.1 Å². The molecule has 0 radical (unpaired) electrons. The van der Waals surface area contributed by atoms with E-state index < -0.39 is 0 Å². The van der Waals surface area contributed by atoms with Gasteiger partial charge in [-0.15, -0.1) is 0 Å². The molecule has 0 atom stereocenters. The smallest absolute Gasteiger partial charge is 0.230 e. The lowest BCUT2D eigenvalue weighted by atomic mass is 9.64. The van der Waals surface area contributed by atoms with Gasteiger partial charge in [0.05, 0.1) is 12.5 Å². The molecule has 3 heteroatoms. The zero-order chi connectivity index (χ0) is 16.1. The second-order valence-electron chi connectivity index (χ2n) is 6.16. The summed E-state index contributed by atoms with van der Waals surface area (Å²) < 4.78 is 5.16. The molecule has 3 rings (SSSR count). The van der Waals surface area contributed by atoms with Crippen LogP contribution in [0.3, 0.4) is 0 Å². The molecule has 0 aromatic heterocycles. The Morgan fingerprint density at radius 1 is 1.09 bits per heavy atom. The van der Waals surface area contributed by atoms with Crippen LogP contribution in [0.2, 0.25) is 0 Å².